The highest BCUT2D eigenvalue weighted by Gasteiger charge is 2.27. The first kappa shape index (κ1) is 39.4. The van der Waals surface area contributed by atoms with Gasteiger partial charge >= 0.3 is 0 Å². The van der Waals surface area contributed by atoms with Gasteiger partial charge in [-0.2, -0.15) is 5.26 Å². The van der Waals surface area contributed by atoms with Gasteiger partial charge in [-0.1, -0.05) is 162 Å². The van der Waals surface area contributed by atoms with Crippen molar-refractivity contribution in [3.8, 4) is 62.7 Å². The van der Waals surface area contributed by atoms with Gasteiger partial charge in [0.25, 0.3) is 0 Å². The minimum absolute atomic E-state index is 0.0866. The normalized spacial score (nSPS) is 11.7. The van der Waals surface area contributed by atoms with Crippen LogP contribution in [0, 0.1) is 11.3 Å². The van der Waals surface area contributed by atoms with E-state index in [0.717, 1.165) is 82.3 Å². The third-order valence-corrected chi connectivity index (χ3v) is 13.2. The fourth-order valence-corrected chi connectivity index (χ4v) is 10.1. The van der Waals surface area contributed by atoms with E-state index in [1.54, 1.807) is 0 Å². The molecule has 7 nitrogen and oxygen atoms in total. The fraction of sp³-hybridized carbons (Fsp3) is 0. The third kappa shape index (κ3) is 5.86. The second-order valence-corrected chi connectivity index (χ2v) is 16.9. The number of nitrogens with zero attached hydrogens (tertiary/aromatic N) is 6. The number of fused-ring (bicyclic) bond motifs is 10. The van der Waals surface area contributed by atoms with Crippen LogP contribution in [0.15, 0.2) is 192 Å². The number of hydrogen-bond donors (Lipinski definition) is 0. The van der Waals surface area contributed by atoms with Gasteiger partial charge in [-0.15, -0.1) is 0 Å². The van der Waals surface area contributed by atoms with Gasteiger partial charge in [0.05, 0.1) is 38.9 Å². The molecule has 4 aromatic heterocycles. The molecule has 0 aliphatic rings. The number of aromatic nitrogens is 5. The van der Waals surface area contributed by atoms with Crippen molar-refractivity contribution in [3.63, 3.8) is 0 Å². The van der Waals surface area contributed by atoms with Crippen LogP contribution >= 0.6 is 0 Å². The molecule has 9 aromatic carbocycles. The lowest BCUT2D eigenvalue weighted by molar-refractivity contribution is 0.669. The molecule has 0 aliphatic heterocycles. The zero-order valence-electron chi connectivity index (χ0n) is 36.2. The van der Waals surface area contributed by atoms with Crippen LogP contribution in [0.25, 0.3) is 122 Å². The minimum Gasteiger partial charge on any atom is -0.455 e. The van der Waals surface area contributed by atoms with Crippen molar-refractivity contribution in [1.29, 1.82) is 5.26 Å². The third-order valence-electron chi connectivity index (χ3n) is 13.2. The Balaban J connectivity index is 1.08. The molecule has 6 radical (unpaired) electrons. The lowest BCUT2D eigenvalue weighted by atomic mass is 9.69. The smallest absolute Gasteiger partial charge is 0.167 e. The molecule has 0 bridgehead atoms. The van der Waals surface area contributed by atoms with E-state index >= 15 is 0 Å². The molecule has 0 N–H and O–H groups in total. The monoisotopic (exact) mass is 860 g/mol. The van der Waals surface area contributed by atoms with Crippen molar-refractivity contribution in [3.05, 3.63) is 194 Å². The molecule has 68 heavy (non-hydrogen) atoms. The molecule has 0 amide bonds. The first-order valence-electron chi connectivity index (χ1n) is 22.2. The Morgan fingerprint density at radius 2 is 1.04 bits per heavy atom. The molecule has 10 heteroatoms. The number of nitriles is 1. The molecule has 0 saturated heterocycles. The summed E-state index contributed by atoms with van der Waals surface area (Å²) < 4.78 is 10.8. The summed E-state index contributed by atoms with van der Waals surface area (Å²) in [5.74, 6) is 0.865. The van der Waals surface area contributed by atoms with Crippen molar-refractivity contribution in [2.24, 2.45) is 0 Å². The summed E-state index contributed by atoms with van der Waals surface area (Å²) in [4.78, 5) is 15.3. The molecule has 0 saturated carbocycles. The number of furan rings is 1. The Morgan fingerprint density at radius 1 is 0.441 bits per heavy atom. The largest absolute Gasteiger partial charge is 0.455 e. The predicted octanol–water partition coefficient (Wildman–Crippen LogP) is 10.9. The lowest BCUT2D eigenvalue weighted by Gasteiger charge is -2.22. The Hall–Kier alpha value is -8.93. The molecule has 0 aliphatic carbocycles. The summed E-state index contributed by atoms with van der Waals surface area (Å²) in [7, 11) is 21.9. The topological polar surface area (TPSA) is 85.5 Å². The Bertz CT molecular complexity index is 4250. The number of hydrogen-bond acceptors (Lipinski definition) is 5. The minimum atomic E-state index is 0.0866. The number of benzene rings is 9. The first-order chi connectivity index (χ1) is 33.5. The zero-order valence-corrected chi connectivity index (χ0v) is 36.2. The van der Waals surface area contributed by atoms with E-state index < -0.39 is 0 Å². The van der Waals surface area contributed by atoms with Crippen molar-refractivity contribution in [2.45, 2.75) is 0 Å². The van der Waals surface area contributed by atoms with E-state index in [1.807, 2.05) is 133 Å². The average Bonchev–Trinajstić information content (AvgIpc) is 4.06. The maximum atomic E-state index is 11.3. The van der Waals surface area contributed by atoms with E-state index in [9.17, 15) is 5.26 Å². The summed E-state index contributed by atoms with van der Waals surface area (Å²) in [6.45, 7) is 0. The summed E-state index contributed by atoms with van der Waals surface area (Å²) in [6, 6.07) is 65.5. The van der Waals surface area contributed by atoms with E-state index in [2.05, 4.69) is 69.8 Å². The van der Waals surface area contributed by atoms with Gasteiger partial charge in [-0.05, 0) is 53.6 Å². The maximum Gasteiger partial charge on any atom is 0.167 e. The molecular weight excluding hydrogens is 829 g/mol. The standard InChI is InChI=1S/C58H31B3N6O/c59-50-43(32-62)54(67-44-23-10-7-18-37(44)39-30-31-46-48(53(39)67)41-20-8-11-24-45(41)66(46)36-16-5-2-6-17-36)52(61)51(60)49(50)58-64-56(35-28-26-34(27-29-35)33-14-3-1-4-15-33)63-57(65-58)42-22-13-21-40-38-19-9-12-25-47(38)68-55(40)42/h1-31H. The SMILES string of the molecule is [B]c1c([B])c(-n2c3ccccc3c3ccc4c(c5ccccc5n4-c4ccccc4)c32)c(C#N)c([B])c1-c1nc(-c2ccc(-c3ccccc3)cc2)nc(-c2cccc3c2oc2ccccc23)n1. The number of para-hydroxylation sites is 5. The summed E-state index contributed by atoms with van der Waals surface area (Å²) in [5, 5.41) is 17.2. The lowest BCUT2D eigenvalue weighted by Crippen LogP contribution is -2.39. The summed E-state index contributed by atoms with van der Waals surface area (Å²) >= 11 is 0. The molecule has 13 rings (SSSR count). The predicted molar refractivity (Wildman–Crippen MR) is 278 cm³/mol. The van der Waals surface area contributed by atoms with Crippen LogP contribution in [0.5, 0.6) is 0 Å². The first-order valence-corrected chi connectivity index (χ1v) is 22.2. The van der Waals surface area contributed by atoms with Gasteiger partial charge < -0.3 is 13.6 Å². The van der Waals surface area contributed by atoms with Crippen LogP contribution < -0.4 is 16.4 Å². The van der Waals surface area contributed by atoms with Crippen LogP contribution in [0.4, 0.5) is 0 Å². The second kappa shape index (κ2) is 15.3. The van der Waals surface area contributed by atoms with Crippen LogP contribution in [-0.2, 0) is 0 Å². The van der Waals surface area contributed by atoms with Crippen LogP contribution in [-0.4, -0.2) is 47.6 Å². The molecule has 4 heterocycles. The summed E-state index contributed by atoms with van der Waals surface area (Å²) in [5.41, 5.74) is 10.7. The Morgan fingerprint density at radius 3 is 1.81 bits per heavy atom. The molecule has 0 spiro atoms. The van der Waals surface area contributed by atoms with Gasteiger partial charge in [0.1, 0.15) is 40.8 Å². The molecule has 0 atom stereocenters. The highest BCUT2D eigenvalue weighted by molar-refractivity contribution is 6.56. The molecule has 13 aromatic rings. The van der Waals surface area contributed by atoms with Gasteiger partial charge in [0.2, 0.25) is 0 Å². The van der Waals surface area contributed by atoms with Crippen LogP contribution in [0.2, 0.25) is 0 Å². The van der Waals surface area contributed by atoms with E-state index in [1.165, 1.54) is 0 Å². The average molecular weight is 860 g/mol. The van der Waals surface area contributed by atoms with Gasteiger partial charge in [-0.25, -0.2) is 15.0 Å². The van der Waals surface area contributed by atoms with Gasteiger partial charge in [-0.3, -0.25) is 0 Å². The molecule has 0 fully saturated rings. The van der Waals surface area contributed by atoms with Crippen molar-refractivity contribution in [2.75, 3.05) is 0 Å². The highest BCUT2D eigenvalue weighted by Crippen LogP contribution is 2.42. The maximum absolute atomic E-state index is 11.3. The van der Waals surface area contributed by atoms with Gasteiger partial charge in [0.15, 0.2) is 17.5 Å². The number of rotatable bonds is 6. The van der Waals surface area contributed by atoms with Crippen LogP contribution in [0.3, 0.4) is 0 Å². The molecular formula is C58H31B3N6O. The van der Waals surface area contributed by atoms with Crippen molar-refractivity contribution >= 4 is 105 Å². The zero-order chi connectivity index (χ0) is 45.6. The highest BCUT2D eigenvalue weighted by atomic mass is 16.3. The van der Waals surface area contributed by atoms with Crippen molar-refractivity contribution in [1.82, 2.24) is 24.1 Å². The van der Waals surface area contributed by atoms with E-state index in [-0.39, 0.29) is 33.3 Å². The molecule has 0 unspecified atom stereocenters. The second-order valence-electron chi connectivity index (χ2n) is 16.9. The Kier molecular flexibility index (Phi) is 8.89. The van der Waals surface area contributed by atoms with Gasteiger partial charge in [0, 0.05) is 49.1 Å². The molecule has 308 valence electrons. The van der Waals surface area contributed by atoms with Crippen molar-refractivity contribution < 1.29 is 4.42 Å². The Labute approximate surface area is 393 Å². The van der Waals surface area contributed by atoms with E-state index in [4.69, 9.17) is 42.9 Å². The van der Waals surface area contributed by atoms with E-state index in [0.29, 0.717) is 28.5 Å². The fourth-order valence-electron chi connectivity index (χ4n) is 10.1. The quantitative estimate of drug-likeness (QED) is 0.156. The summed E-state index contributed by atoms with van der Waals surface area (Å²) in [6.07, 6.45) is 0. The van der Waals surface area contributed by atoms with Crippen LogP contribution in [0.1, 0.15) is 5.56 Å².